The molecule has 0 aromatic heterocycles. The lowest BCUT2D eigenvalue weighted by Crippen LogP contribution is -2.53. The van der Waals surface area contributed by atoms with Crippen molar-refractivity contribution in [3.8, 4) is 0 Å². The molecule has 1 aliphatic rings. The summed E-state index contributed by atoms with van der Waals surface area (Å²) in [7, 11) is 0. The number of carbonyl (C=O) groups excluding carboxylic acids is 2. The van der Waals surface area contributed by atoms with Gasteiger partial charge in [0.05, 0.1) is 19.3 Å². The molecule has 1 heterocycles. The zero-order chi connectivity index (χ0) is 12.8. The molecule has 1 aliphatic heterocycles. The molecule has 0 aromatic carbocycles. The fourth-order valence-electron chi connectivity index (χ4n) is 1.63. The number of morpholine rings is 1. The topological polar surface area (TPSA) is 84.7 Å². The van der Waals surface area contributed by atoms with E-state index in [0.29, 0.717) is 32.7 Å². The van der Waals surface area contributed by atoms with Crippen molar-refractivity contribution in [3.05, 3.63) is 0 Å². The third-order valence-corrected chi connectivity index (χ3v) is 2.83. The molecule has 1 rings (SSSR count). The number of amides is 2. The van der Waals surface area contributed by atoms with Crippen LogP contribution in [0.3, 0.4) is 0 Å². The average molecular weight is 243 g/mol. The van der Waals surface area contributed by atoms with Crippen LogP contribution in [-0.2, 0) is 14.3 Å². The third kappa shape index (κ3) is 3.98. The van der Waals surface area contributed by atoms with Crippen molar-refractivity contribution in [2.45, 2.75) is 32.4 Å². The molecule has 2 amide bonds. The van der Waals surface area contributed by atoms with Gasteiger partial charge in [-0.2, -0.15) is 0 Å². The van der Waals surface area contributed by atoms with Gasteiger partial charge in [-0.05, 0) is 13.3 Å². The number of nitrogens with one attached hydrogen (secondary N) is 1. The van der Waals surface area contributed by atoms with Crippen molar-refractivity contribution < 1.29 is 14.3 Å². The van der Waals surface area contributed by atoms with Crippen LogP contribution < -0.4 is 11.1 Å². The third-order valence-electron chi connectivity index (χ3n) is 2.83. The molecule has 2 unspecified atom stereocenters. The Morgan fingerprint density at radius 2 is 2.00 bits per heavy atom. The Labute approximate surface area is 101 Å². The van der Waals surface area contributed by atoms with Crippen molar-refractivity contribution in [1.29, 1.82) is 0 Å². The van der Waals surface area contributed by atoms with Gasteiger partial charge in [-0.3, -0.25) is 9.59 Å². The van der Waals surface area contributed by atoms with E-state index in [1.807, 2.05) is 6.92 Å². The van der Waals surface area contributed by atoms with Crippen molar-refractivity contribution >= 4 is 11.8 Å². The molecule has 98 valence electrons. The molecule has 0 bridgehead atoms. The minimum atomic E-state index is -0.546. The number of hydrogen-bond acceptors (Lipinski definition) is 4. The molecule has 1 fully saturated rings. The van der Waals surface area contributed by atoms with Crippen molar-refractivity contribution in [3.63, 3.8) is 0 Å². The molecular weight excluding hydrogens is 222 g/mol. The van der Waals surface area contributed by atoms with Gasteiger partial charge in [0.15, 0.2) is 0 Å². The average Bonchev–Trinajstić information content (AvgIpc) is 2.37. The van der Waals surface area contributed by atoms with Crippen molar-refractivity contribution in [2.75, 3.05) is 26.3 Å². The molecule has 17 heavy (non-hydrogen) atoms. The zero-order valence-electron chi connectivity index (χ0n) is 10.4. The van der Waals surface area contributed by atoms with Crippen LogP contribution in [0.15, 0.2) is 0 Å². The van der Waals surface area contributed by atoms with Crippen LogP contribution in [0.1, 0.15) is 20.3 Å². The van der Waals surface area contributed by atoms with Crippen LogP contribution in [0.5, 0.6) is 0 Å². The molecular formula is C11H21N3O3. The Morgan fingerprint density at radius 3 is 2.53 bits per heavy atom. The highest BCUT2D eigenvalue weighted by Crippen LogP contribution is 2.01. The lowest BCUT2D eigenvalue weighted by Gasteiger charge is -2.29. The van der Waals surface area contributed by atoms with E-state index in [0.717, 1.165) is 0 Å². The van der Waals surface area contributed by atoms with Gasteiger partial charge >= 0.3 is 0 Å². The van der Waals surface area contributed by atoms with Crippen LogP contribution in [0, 0.1) is 0 Å². The molecule has 2 atom stereocenters. The number of carbonyl (C=O) groups is 2. The fourth-order valence-corrected chi connectivity index (χ4v) is 1.63. The minimum Gasteiger partial charge on any atom is -0.378 e. The van der Waals surface area contributed by atoms with Crippen molar-refractivity contribution in [1.82, 2.24) is 10.2 Å². The van der Waals surface area contributed by atoms with Gasteiger partial charge in [-0.25, -0.2) is 0 Å². The van der Waals surface area contributed by atoms with E-state index in [4.69, 9.17) is 10.5 Å². The lowest BCUT2D eigenvalue weighted by atomic mass is 10.2. The second kappa shape index (κ2) is 6.56. The van der Waals surface area contributed by atoms with Crippen LogP contribution in [0.4, 0.5) is 0 Å². The van der Waals surface area contributed by atoms with Gasteiger partial charge in [0.2, 0.25) is 11.8 Å². The normalized spacial score (nSPS) is 19.6. The Morgan fingerprint density at radius 1 is 1.41 bits per heavy atom. The van der Waals surface area contributed by atoms with Gasteiger partial charge < -0.3 is 20.7 Å². The fraction of sp³-hybridized carbons (Fsp3) is 0.818. The Balaban J connectivity index is 2.43. The molecule has 6 heteroatoms. The largest absolute Gasteiger partial charge is 0.378 e. The number of rotatable bonds is 4. The standard InChI is InChI=1S/C11H21N3O3/c1-3-9(12)10(15)13-8(2)11(16)14-4-6-17-7-5-14/h8-9H,3-7,12H2,1-2H3,(H,13,15). The first-order valence-electron chi connectivity index (χ1n) is 5.98. The van der Waals surface area contributed by atoms with Gasteiger partial charge in [-0.1, -0.05) is 6.92 Å². The molecule has 0 aliphatic carbocycles. The van der Waals surface area contributed by atoms with E-state index >= 15 is 0 Å². The van der Waals surface area contributed by atoms with Crippen LogP contribution in [-0.4, -0.2) is 55.1 Å². The lowest BCUT2D eigenvalue weighted by molar-refractivity contribution is -0.139. The summed E-state index contributed by atoms with van der Waals surface area (Å²) >= 11 is 0. The number of nitrogens with zero attached hydrogens (tertiary/aromatic N) is 1. The minimum absolute atomic E-state index is 0.0787. The first-order valence-corrected chi connectivity index (χ1v) is 5.98. The summed E-state index contributed by atoms with van der Waals surface area (Å²) in [5.41, 5.74) is 5.59. The van der Waals surface area contributed by atoms with Gasteiger partial charge in [0.25, 0.3) is 0 Å². The summed E-state index contributed by atoms with van der Waals surface area (Å²) in [6, 6.07) is -1.08. The molecule has 0 radical (unpaired) electrons. The molecule has 0 aromatic rings. The van der Waals surface area contributed by atoms with E-state index in [9.17, 15) is 9.59 Å². The monoisotopic (exact) mass is 243 g/mol. The quantitative estimate of drug-likeness (QED) is 0.669. The molecule has 0 spiro atoms. The summed E-state index contributed by atoms with van der Waals surface area (Å²) < 4.78 is 5.17. The highest BCUT2D eigenvalue weighted by Gasteiger charge is 2.24. The predicted molar refractivity (Wildman–Crippen MR) is 63.3 cm³/mol. The van der Waals surface area contributed by atoms with Gasteiger partial charge in [0, 0.05) is 13.1 Å². The predicted octanol–water partition coefficient (Wildman–Crippen LogP) is -0.913. The summed E-state index contributed by atoms with van der Waals surface area (Å²) in [6.45, 7) is 5.79. The van der Waals surface area contributed by atoms with Crippen molar-refractivity contribution in [2.24, 2.45) is 5.73 Å². The Kier molecular flexibility index (Phi) is 5.37. The highest BCUT2D eigenvalue weighted by molar-refractivity contribution is 5.89. The SMILES string of the molecule is CCC(N)C(=O)NC(C)C(=O)N1CCOCC1. The summed E-state index contributed by atoms with van der Waals surface area (Å²) in [5, 5.41) is 2.63. The van der Waals surface area contributed by atoms with Crippen LogP contribution >= 0.6 is 0 Å². The van der Waals surface area contributed by atoms with Gasteiger partial charge in [0.1, 0.15) is 6.04 Å². The first-order chi connectivity index (χ1) is 8.06. The number of ether oxygens (including phenoxy) is 1. The molecule has 0 saturated carbocycles. The van der Waals surface area contributed by atoms with E-state index in [2.05, 4.69) is 5.32 Å². The smallest absolute Gasteiger partial charge is 0.245 e. The van der Waals surface area contributed by atoms with Crippen LogP contribution in [0.25, 0.3) is 0 Å². The van der Waals surface area contributed by atoms with E-state index < -0.39 is 12.1 Å². The Hall–Kier alpha value is -1.14. The van der Waals surface area contributed by atoms with Crippen LogP contribution in [0.2, 0.25) is 0 Å². The van der Waals surface area contributed by atoms with E-state index in [-0.39, 0.29) is 11.8 Å². The summed E-state index contributed by atoms with van der Waals surface area (Å²) in [6.07, 6.45) is 0.560. The second-order valence-electron chi connectivity index (χ2n) is 4.18. The van der Waals surface area contributed by atoms with E-state index in [1.54, 1.807) is 11.8 Å². The Bertz CT molecular complexity index is 277. The molecule has 6 nitrogen and oxygen atoms in total. The summed E-state index contributed by atoms with van der Waals surface area (Å²) in [5.74, 6) is -0.355. The first kappa shape index (κ1) is 13.9. The van der Waals surface area contributed by atoms with Gasteiger partial charge in [-0.15, -0.1) is 0 Å². The second-order valence-corrected chi connectivity index (χ2v) is 4.18. The number of hydrogen-bond donors (Lipinski definition) is 2. The zero-order valence-corrected chi connectivity index (χ0v) is 10.4. The molecule has 3 N–H and O–H groups in total. The maximum atomic E-state index is 12.0. The maximum Gasteiger partial charge on any atom is 0.245 e. The highest BCUT2D eigenvalue weighted by atomic mass is 16.5. The molecule has 1 saturated heterocycles. The van der Waals surface area contributed by atoms with E-state index in [1.165, 1.54) is 0 Å². The summed E-state index contributed by atoms with van der Waals surface area (Å²) in [4.78, 5) is 25.2. The number of nitrogens with two attached hydrogens (primary N) is 1. The maximum absolute atomic E-state index is 12.0.